The van der Waals surface area contributed by atoms with E-state index in [-0.39, 0.29) is 12.0 Å². The van der Waals surface area contributed by atoms with Gasteiger partial charge in [0.2, 0.25) is 5.95 Å². The van der Waals surface area contributed by atoms with Crippen LogP contribution in [0.1, 0.15) is 43.7 Å². The molecule has 2 aromatic heterocycles. The van der Waals surface area contributed by atoms with E-state index in [0.29, 0.717) is 49.9 Å². The highest BCUT2D eigenvalue weighted by molar-refractivity contribution is 6.09. The molecule has 3 heterocycles. The minimum atomic E-state index is -0.548. The van der Waals surface area contributed by atoms with Gasteiger partial charge in [0.25, 0.3) is 5.91 Å². The van der Waals surface area contributed by atoms with Crippen molar-refractivity contribution < 1.29 is 14.3 Å². The van der Waals surface area contributed by atoms with Gasteiger partial charge < -0.3 is 24.8 Å². The number of rotatable bonds is 7. The van der Waals surface area contributed by atoms with E-state index in [1.54, 1.807) is 22.8 Å². The van der Waals surface area contributed by atoms with Crippen LogP contribution in [0.4, 0.5) is 22.2 Å². The molecule has 38 heavy (non-hydrogen) atoms. The van der Waals surface area contributed by atoms with E-state index in [9.17, 15) is 9.59 Å². The van der Waals surface area contributed by atoms with Crippen molar-refractivity contribution in [3.8, 4) is 5.69 Å². The summed E-state index contributed by atoms with van der Waals surface area (Å²) in [6, 6.07) is 7.59. The summed E-state index contributed by atoms with van der Waals surface area (Å²) in [5, 5.41) is 11.6. The van der Waals surface area contributed by atoms with E-state index in [1.807, 2.05) is 70.1 Å². The lowest BCUT2D eigenvalue weighted by Crippen LogP contribution is -2.35. The second-order valence-electron chi connectivity index (χ2n) is 10.2. The van der Waals surface area contributed by atoms with Gasteiger partial charge in [0.15, 0.2) is 0 Å². The molecule has 0 saturated carbocycles. The average Bonchev–Trinajstić information content (AvgIpc) is 3.31. The van der Waals surface area contributed by atoms with Crippen molar-refractivity contribution in [1.29, 1.82) is 0 Å². The molecule has 1 aliphatic heterocycles. The first-order valence-corrected chi connectivity index (χ1v) is 12.7. The second kappa shape index (κ2) is 11.0. The Labute approximate surface area is 222 Å². The Hall–Kier alpha value is -4.22. The zero-order valence-corrected chi connectivity index (χ0v) is 22.8. The normalized spacial score (nSPS) is 13.7. The van der Waals surface area contributed by atoms with Crippen LogP contribution in [0.15, 0.2) is 36.7 Å². The van der Waals surface area contributed by atoms with E-state index >= 15 is 0 Å². The number of aromatic nitrogens is 5. The molecule has 3 aromatic rings. The molecular formula is C26H35N9O3. The van der Waals surface area contributed by atoms with Gasteiger partial charge in [0.1, 0.15) is 17.0 Å². The minimum absolute atomic E-state index is 0.158. The summed E-state index contributed by atoms with van der Waals surface area (Å²) in [6.45, 7) is 9.73. The Balaban J connectivity index is 1.49. The minimum Gasteiger partial charge on any atom is -0.444 e. The molecule has 0 fully saturated rings. The van der Waals surface area contributed by atoms with Crippen molar-refractivity contribution in [2.45, 2.75) is 39.7 Å². The molecule has 0 bridgehead atoms. The van der Waals surface area contributed by atoms with E-state index in [4.69, 9.17) is 4.74 Å². The summed E-state index contributed by atoms with van der Waals surface area (Å²) in [5.41, 5.74) is 2.15. The lowest BCUT2D eigenvalue weighted by atomic mass is 10.2. The molecular weight excluding hydrogens is 486 g/mol. The standard InChI is InChI=1S/C26H35N9O3/c1-7-27-24-28-16-21-22(29-24)32(5)13-14-34(23(21)36)19-9-8-10-20(15-19)35-17-18(30-31-35)11-12-33(6)25(37)38-26(2,3)4/h8-10,15-17H,7,11-14H2,1-6H3,(H,27,28,29). The maximum atomic E-state index is 13.5. The van der Waals surface area contributed by atoms with Crippen LogP contribution in [0.2, 0.25) is 0 Å². The molecule has 1 aromatic carbocycles. The number of hydrogen-bond acceptors (Lipinski definition) is 9. The summed E-state index contributed by atoms with van der Waals surface area (Å²) in [7, 11) is 3.62. The van der Waals surface area contributed by atoms with Gasteiger partial charge in [-0.3, -0.25) is 4.79 Å². The van der Waals surface area contributed by atoms with Crippen molar-refractivity contribution >= 4 is 29.5 Å². The Morgan fingerprint density at radius 1 is 1.21 bits per heavy atom. The Bertz CT molecular complexity index is 1300. The predicted molar refractivity (Wildman–Crippen MR) is 145 cm³/mol. The lowest BCUT2D eigenvalue weighted by Gasteiger charge is -2.24. The topological polar surface area (TPSA) is 122 Å². The van der Waals surface area contributed by atoms with Gasteiger partial charge in [0, 0.05) is 58.6 Å². The van der Waals surface area contributed by atoms with Crippen molar-refractivity contribution in [1.82, 2.24) is 29.9 Å². The monoisotopic (exact) mass is 521 g/mol. The fourth-order valence-corrected chi connectivity index (χ4v) is 3.96. The number of hydrogen-bond donors (Lipinski definition) is 1. The maximum absolute atomic E-state index is 13.5. The first-order chi connectivity index (χ1) is 18.1. The van der Waals surface area contributed by atoms with Gasteiger partial charge in [-0.2, -0.15) is 4.98 Å². The molecule has 0 unspecified atom stereocenters. The number of nitrogens with one attached hydrogen (secondary N) is 1. The number of likely N-dealkylation sites (N-methyl/N-ethyl adjacent to an activating group) is 2. The van der Waals surface area contributed by atoms with Crippen LogP contribution in [-0.4, -0.2) is 87.7 Å². The molecule has 0 atom stereocenters. The highest BCUT2D eigenvalue weighted by atomic mass is 16.6. The summed E-state index contributed by atoms with van der Waals surface area (Å²) in [5.74, 6) is 0.950. The van der Waals surface area contributed by atoms with Crippen LogP contribution in [-0.2, 0) is 11.2 Å². The summed E-state index contributed by atoms with van der Waals surface area (Å²) >= 11 is 0. The number of benzene rings is 1. The number of nitrogens with zero attached hydrogens (tertiary/aromatic N) is 8. The largest absolute Gasteiger partial charge is 0.444 e. The number of amides is 2. The molecule has 2 amide bonds. The number of carbonyl (C=O) groups is 2. The fourth-order valence-electron chi connectivity index (χ4n) is 3.96. The number of anilines is 3. The van der Waals surface area contributed by atoms with Crippen molar-refractivity contribution in [3.05, 3.63) is 47.9 Å². The first-order valence-electron chi connectivity index (χ1n) is 12.7. The number of ether oxygens (including phenoxy) is 1. The fraction of sp³-hybridized carbons (Fsp3) is 0.462. The number of carbonyl (C=O) groups excluding carboxylic acids is 2. The molecule has 202 valence electrons. The molecule has 0 saturated heterocycles. The first kappa shape index (κ1) is 26.8. The third-order valence-electron chi connectivity index (χ3n) is 5.95. The Kier molecular flexibility index (Phi) is 7.79. The van der Waals surface area contributed by atoms with Gasteiger partial charge in [-0.25, -0.2) is 14.5 Å². The van der Waals surface area contributed by atoms with E-state index in [2.05, 4.69) is 25.6 Å². The smallest absolute Gasteiger partial charge is 0.410 e. The molecule has 0 spiro atoms. The van der Waals surface area contributed by atoms with E-state index in [1.165, 1.54) is 4.90 Å². The highest BCUT2D eigenvalue weighted by Crippen LogP contribution is 2.27. The quantitative estimate of drug-likeness (QED) is 0.500. The van der Waals surface area contributed by atoms with Crippen LogP contribution < -0.4 is 15.1 Å². The number of fused-ring (bicyclic) bond motifs is 1. The van der Waals surface area contributed by atoms with Crippen molar-refractivity contribution in [3.63, 3.8) is 0 Å². The maximum Gasteiger partial charge on any atom is 0.410 e. The van der Waals surface area contributed by atoms with Gasteiger partial charge in [-0.05, 0) is 45.9 Å². The lowest BCUT2D eigenvalue weighted by molar-refractivity contribution is 0.0300. The van der Waals surface area contributed by atoms with Gasteiger partial charge >= 0.3 is 6.09 Å². The van der Waals surface area contributed by atoms with Gasteiger partial charge in [0.05, 0.1) is 17.6 Å². The van der Waals surface area contributed by atoms with Gasteiger partial charge in [-0.1, -0.05) is 11.3 Å². The van der Waals surface area contributed by atoms with Crippen molar-refractivity contribution in [2.75, 3.05) is 55.4 Å². The van der Waals surface area contributed by atoms with Crippen LogP contribution in [0, 0.1) is 0 Å². The third-order valence-corrected chi connectivity index (χ3v) is 5.95. The Morgan fingerprint density at radius 2 is 1.97 bits per heavy atom. The van der Waals surface area contributed by atoms with E-state index < -0.39 is 5.60 Å². The van der Waals surface area contributed by atoms with Crippen LogP contribution in [0.5, 0.6) is 0 Å². The molecule has 4 rings (SSSR count). The zero-order valence-electron chi connectivity index (χ0n) is 22.8. The zero-order chi connectivity index (χ0) is 27.4. The second-order valence-corrected chi connectivity index (χ2v) is 10.2. The molecule has 0 aliphatic carbocycles. The summed E-state index contributed by atoms with van der Waals surface area (Å²) in [4.78, 5) is 39.8. The van der Waals surface area contributed by atoms with Crippen LogP contribution in [0.3, 0.4) is 0 Å². The summed E-state index contributed by atoms with van der Waals surface area (Å²) < 4.78 is 7.06. The SMILES string of the molecule is CCNc1ncc2c(n1)N(C)CCN(c1cccc(-n3cc(CCN(C)C(=O)OC(C)(C)C)nn3)c1)C2=O. The highest BCUT2D eigenvalue weighted by Gasteiger charge is 2.28. The molecule has 0 radical (unpaired) electrons. The van der Waals surface area contributed by atoms with E-state index in [0.717, 1.165) is 17.1 Å². The molecule has 12 nitrogen and oxygen atoms in total. The van der Waals surface area contributed by atoms with Gasteiger partial charge in [-0.15, -0.1) is 5.10 Å². The van der Waals surface area contributed by atoms with Crippen molar-refractivity contribution in [2.24, 2.45) is 0 Å². The Morgan fingerprint density at radius 3 is 2.71 bits per heavy atom. The molecule has 12 heteroatoms. The van der Waals surface area contributed by atoms with Crippen LogP contribution >= 0.6 is 0 Å². The average molecular weight is 522 g/mol. The predicted octanol–water partition coefficient (Wildman–Crippen LogP) is 3.00. The third kappa shape index (κ3) is 6.18. The molecule has 1 aliphatic rings. The summed E-state index contributed by atoms with van der Waals surface area (Å²) in [6.07, 6.45) is 3.55. The van der Waals surface area contributed by atoms with Crippen LogP contribution in [0.25, 0.3) is 5.69 Å². The molecule has 1 N–H and O–H groups in total.